The normalized spacial score (nSPS) is 14.7. The predicted octanol–water partition coefficient (Wildman–Crippen LogP) is 3.33. The fourth-order valence-electron chi connectivity index (χ4n) is 3.13. The summed E-state index contributed by atoms with van der Waals surface area (Å²) in [6, 6.07) is 6.48. The zero-order chi connectivity index (χ0) is 19.1. The maximum Gasteiger partial charge on any atom is 0.270 e. The maximum absolute atomic E-state index is 12.9. The van der Waals surface area contributed by atoms with Crippen molar-refractivity contribution in [2.75, 3.05) is 17.8 Å². The minimum atomic E-state index is -3.84. The molecule has 1 aromatic heterocycles. The molecule has 0 bridgehead atoms. The summed E-state index contributed by atoms with van der Waals surface area (Å²) in [4.78, 5) is 14.6. The lowest BCUT2D eigenvalue weighted by molar-refractivity contribution is 0.0783. The molecule has 1 saturated heterocycles. The highest BCUT2D eigenvalue weighted by Gasteiger charge is 2.28. The van der Waals surface area contributed by atoms with E-state index in [0.29, 0.717) is 35.2 Å². The smallest absolute Gasteiger partial charge is 0.270 e. The second kappa shape index (κ2) is 6.96. The van der Waals surface area contributed by atoms with Gasteiger partial charge in [-0.25, -0.2) is 8.42 Å². The van der Waals surface area contributed by atoms with Crippen molar-refractivity contribution in [3.8, 4) is 0 Å². The summed E-state index contributed by atoms with van der Waals surface area (Å²) >= 11 is 5.98. The number of rotatable bonds is 4. The molecule has 8 heteroatoms. The molecule has 0 atom stereocenters. The van der Waals surface area contributed by atoms with Crippen molar-refractivity contribution in [1.82, 2.24) is 9.47 Å². The minimum absolute atomic E-state index is 0.0990. The van der Waals surface area contributed by atoms with E-state index < -0.39 is 10.0 Å². The summed E-state index contributed by atoms with van der Waals surface area (Å²) in [5.74, 6) is -0.131. The molecule has 1 aliphatic rings. The van der Waals surface area contributed by atoms with Crippen LogP contribution in [0.4, 0.5) is 5.69 Å². The third kappa shape index (κ3) is 3.46. The van der Waals surface area contributed by atoms with E-state index in [1.165, 1.54) is 6.07 Å². The second-order valence-corrected chi connectivity index (χ2v) is 8.69. The van der Waals surface area contributed by atoms with Gasteiger partial charge in [0.15, 0.2) is 0 Å². The number of sulfonamides is 1. The predicted molar refractivity (Wildman–Crippen MR) is 102 cm³/mol. The number of amides is 1. The third-order valence-electron chi connectivity index (χ3n) is 4.83. The molecule has 1 fully saturated rings. The monoisotopic (exact) mass is 395 g/mol. The van der Waals surface area contributed by atoms with Crippen LogP contribution in [-0.4, -0.2) is 36.9 Å². The van der Waals surface area contributed by atoms with Gasteiger partial charge in [0.2, 0.25) is 0 Å². The van der Waals surface area contributed by atoms with Crippen molar-refractivity contribution in [3.05, 3.63) is 46.2 Å². The van der Waals surface area contributed by atoms with Crippen LogP contribution in [0.25, 0.3) is 0 Å². The van der Waals surface area contributed by atoms with E-state index in [2.05, 4.69) is 4.72 Å². The van der Waals surface area contributed by atoms with E-state index in [0.717, 1.165) is 18.4 Å². The second-order valence-electron chi connectivity index (χ2n) is 6.60. The zero-order valence-electron chi connectivity index (χ0n) is 15.0. The van der Waals surface area contributed by atoms with Crippen molar-refractivity contribution in [1.29, 1.82) is 0 Å². The average molecular weight is 396 g/mol. The molecule has 0 unspecified atom stereocenters. The van der Waals surface area contributed by atoms with Gasteiger partial charge in [0.25, 0.3) is 15.9 Å². The first-order valence-electron chi connectivity index (χ1n) is 8.45. The highest BCUT2D eigenvalue weighted by Crippen LogP contribution is 2.27. The van der Waals surface area contributed by atoms with Gasteiger partial charge in [0, 0.05) is 30.9 Å². The molecule has 6 nitrogen and oxygen atoms in total. The molecule has 0 aliphatic carbocycles. The molecule has 3 rings (SSSR count). The summed E-state index contributed by atoms with van der Waals surface area (Å²) in [5.41, 5.74) is 2.08. The number of nitrogens with zero attached hydrogens (tertiary/aromatic N) is 2. The lowest BCUT2D eigenvalue weighted by Gasteiger charge is -2.15. The van der Waals surface area contributed by atoms with E-state index in [9.17, 15) is 13.2 Å². The number of likely N-dealkylation sites (tertiary alicyclic amines) is 1. The average Bonchev–Trinajstić information content (AvgIpc) is 3.20. The van der Waals surface area contributed by atoms with E-state index >= 15 is 0 Å². The molecular formula is C18H22ClN3O3S. The molecule has 1 amide bonds. The Labute approximate surface area is 158 Å². The molecule has 0 spiro atoms. The van der Waals surface area contributed by atoms with Gasteiger partial charge in [-0.2, -0.15) is 0 Å². The van der Waals surface area contributed by atoms with E-state index in [1.54, 1.807) is 48.6 Å². The molecule has 1 aliphatic heterocycles. The number of benzene rings is 1. The largest absolute Gasteiger partial charge is 0.343 e. The summed E-state index contributed by atoms with van der Waals surface area (Å²) in [6.07, 6.45) is 1.96. The van der Waals surface area contributed by atoms with Gasteiger partial charge in [-0.1, -0.05) is 17.7 Å². The first-order chi connectivity index (χ1) is 12.2. The fourth-order valence-corrected chi connectivity index (χ4v) is 4.72. The van der Waals surface area contributed by atoms with Crippen LogP contribution >= 0.6 is 11.6 Å². The number of nitrogens with one attached hydrogen (secondary N) is 1. The quantitative estimate of drug-likeness (QED) is 0.863. The Morgan fingerprint density at radius 3 is 2.46 bits per heavy atom. The Hall–Kier alpha value is -1.99. The Bertz CT molecular complexity index is 960. The number of hydrogen-bond donors (Lipinski definition) is 1. The Morgan fingerprint density at radius 1 is 1.15 bits per heavy atom. The summed E-state index contributed by atoms with van der Waals surface area (Å²) < 4.78 is 30.0. The Kier molecular flexibility index (Phi) is 5.03. The highest BCUT2D eigenvalue weighted by molar-refractivity contribution is 7.92. The Morgan fingerprint density at radius 2 is 1.81 bits per heavy atom. The molecule has 0 saturated carbocycles. The fraction of sp³-hybridized carbons (Fsp3) is 0.389. The number of carbonyl (C=O) groups is 1. The van der Waals surface area contributed by atoms with Crippen molar-refractivity contribution < 1.29 is 13.2 Å². The van der Waals surface area contributed by atoms with E-state index in [-0.39, 0.29) is 10.8 Å². The van der Waals surface area contributed by atoms with Gasteiger partial charge in [-0.3, -0.25) is 9.52 Å². The van der Waals surface area contributed by atoms with Crippen LogP contribution in [-0.2, 0) is 17.1 Å². The minimum Gasteiger partial charge on any atom is -0.343 e. The van der Waals surface area contributed by atoms with Gasteiger partial charge in [0.05, 0.1) is 5.69 Å². The van der Waals surface area contributed by atoms with Crippen molar-refractivity contribution >= 4 is 33.2 Å². The standard InChI is InChI=1S/C18H22ClN3O3S/c1-12-6-7-14(19)10-15(12)20-26(24,25)17-11-16(21(3)13(17)2)18(23)22-8-4-5-9-22/h6-7,10-11,20H,4-5,8-9H2,1-3H3. The lowest BCUT2D eigenvalue weighted by atomic mass is 10.2. The van der Waals surface area contributed by atoms with Crippen LogP contribution in [0.5, 0.6) is 0 Å². The lowest BCUT2D eigenvalue weighted by Crippen LogP contribution is -2.29. The molecule has 26 heavy (non-hydrogen) atoms. The number of aromatic nitrogens is 1. The van der Waals surface area contributed by atoms with E-state index in [1.807, 2.05) is 0 Å². The number of aryl methyl sites for hydroxylation is 1. The molecule has 1 N–H and O–H groups in total. The first kappa shape index (κ1) is 18.8. The molecule has 0 radical (unpaired) electrons. The number of anilines is 1. The van der Waals surface area contributed by atoms with Crippen LogP contribution in [0.3, 0.4) is 0 Å². The topological polar surface area (TPSA) is 71.4 Å². The summed E-state index contributed by atoms with van der Waals surface area (Å²) in [6.45, 7) is 4.92. The van der Waals surface area contributed by atoms with Crippen LogP contribution in [0.15, 0.2) is 29.2 Å². The van der Waals surface area contributed by atoms with Gasteiger partial charge in [-0.05, 0) is 50.5 Å². The van der Waals surface area contributed by atoms with Gasteiger partial charge >= 0.3 is 0 Å². The molecule has 1 aromatic carbocycles. The molecule has 140 valence electrons. The molecular weight excluding hydrogens is 374 g/mol. The van der Waals surface area contributed by atoms with Crippen LogP contribution < -0.4 is 4.72 Å². The van der Waals surface area contributed by atoms with Crippen LogP contribution in [0, 0.1) is 13.8 Å². The van der Waals surface area contributed by atoms with Gasteiger partial charge in [0.1, 0.15) is 10.6 Å². The van der Waals surface area contributed by atoms with Crippen molar-refractivity contribution in [2.24, 2.45) is 7.05 Å². The van der Waals surface area contributed by atoms with Crippen LogP contribution in [0.1, 0.15) is 34.6 Å². The SMILES string of the molecule is Cc1ccc(Cl)cc1NS(=O)(=O)c1cc(C(=O)N2CCCC2)n(C)c1C. The van der Waals surface area contributed by atoms with Crippen molar-refractivity contribution in [3.63, 3.8) is 0 Å². The number of hydrogen-bond acceptors (Lipinski definition) is 3. The van der Waals surface area contributed by atoms with Gasteiger partial charge < -0.3 is 9.47 Å². The number of carbonyl (C=O) groups excluding carboxylic acids is 1. The maximum atomic E-state index is 12.9. The summed E-state index contributed by atoms with van der Waals surface area (Å²) in [5, 5.41) is 0.447. The molecule has 2 heterocycles. The Balaban J connectivity index is 1.96. The third-order valence-corrected chi connectivity index (χ3v) is 6.55. The van der Waals surface area contributed by atoms with Gasteiger partial charge in [-0.15, -0.1) is 0 Å². The molecule has 2 aromatic rings. The first-order valence-corrected chi connectivity index (χ1v) is 10.3. The van der Waals surface area contributed by atoms with Crippen LogP contribution in [0.2, 0.25) is 5.02 Å². The highest BCUT2D eigenvalue weighted by atomic mass is 35.5. The van der Waals surface area contributed by atoms with Crippen molar-refractivity contribution in [2.45, 2.75) is 31.6 Å². The van der Waals surface area contributed by atoms with E-state index in [4.69, 9.17) is 11.6 Å². The number of halogens is 1. The summed E-state index contributed by atoms with van der Waals surface area (Å²) in [7, 11) is -2.13. The zero-order valence-corrected chi connectivity index (χ0v) is 16.6.